The van der Waals surface area contributed by atoms with E-state index in [0.29, 0.717) is 22.9 Å². The number of fused-ring (bicyclic) bond motifs is 1. The molecule has 1 amide bonds. The molecule has 4 rings (SSSR count). The Morgan fingerprint density at radius 1 is 1.34 bits per heavy atom. The van der Waals surface area contributed by atoms with Crippen LogP contribution in [0.3, 0.4) is 0 Å². The number of rotatable bonds is 10. The Kier molecular flexibility index (Phi) is 8.04. The number of halogens is 1. The molecule has 1 fully saturated rings. The van der Waals surface area contributed by atoms with Crippen molar-refractivity contribution in [3.63, 3.8) is 0 Å². The predicted molar refractivity (Wildman–Crippen MR) is 138 cm³/mol. The molecule has 1 aliphatic heterocycles. The van der Waals surface area contributed by atoms with Gasteiger partial charge in [0.05, 0.1) is 5.69 Å². The second kappa shape index (κ2) is 11.2. The van der Waals surface area contributed by atoms with Gasteiger partial charge in [-0.2, -0.15) is 0 Å². The maximum absolute atomic E-state index is 13.0. The highest BCUT2D eigenvalue weighted by Crippen LogP contribution is 2.37. The Hall–Kier alpha value is -2.95. The fourth-order valence-electron chi connectivity index (χ4n) is 4.39. The van der Waals surface area contributed by atoms with Gasteiger partial charge in [0.2, 0.25) is 0 Å². The molecule has 0 saturated carbocycles. The monoisotopic (exact) mass is 501 g/mol. The molecule has 2 aromatic heterocycles. The molecule has 1 saturated heterocycles. The maximum atomic E-state index is 13.0. The number of hydrogen-bond donors (Lipinski definition) is 4. The number of nitrogens with two attached hydrogens (primary N) is 2. The summed E-state index contributed by atoms with van der Waals surface area (Å²) >= 11 is 1.26. The number of piperidine rings is 1. The summed E-state index contributed by atoms with van der Waals surface area (Å²) in [7, 11) is 0. The number of aliphatic hydroxyl groups excluding tert-OH is 1. The number of hydrogen-bond acceptors (Lipinski definition) is 8. The topological polar surface area (TPSA) is 127 Å². The number of amides is 1. The standard InChI is InChI=1S/C25H32FN5O3S/c1-2-3-15-12-20(30-25-21(15)22(27)23(35-25)24(28)33)31-10-8-17(9-11-31)29-13-18(32)14-34-19-6-4-16(26)5-7-19/h4-7,12,17-18,29,32H,2-3,8-11,13-14,27H2,1H3,(H2,28,33). The minimum atomic E-state index is -0.664. The van der Waals surface area contributed by atoms with Crippen molar-refractivity contribution in [1.82, 2.24) is 10.3 Å². The fourth-order valence-corrected chi connectivity index (χ4v) is 5.38. The molecule has 8 nitrogen and oxygen atoms in total. The van der Waals surface area contributed by atoms with Crippen molar-refractivity contribution in [2.24, 2.45) is 5.73 Å². The molecular formula is C25H32FN5O3S. The summed E-state index contributed by atoms with van der Waals surface area (Å²) < 4.78 is 18.5. The van der Waals surface area contributed by atoms with Gasteiger partial charge in [-0.25, -0.2) is 9.37 Å². The number of ether oxygens (including phenoxy) is 1. The van der Waals surface area contributed by atoms with Crippen molar-refractivity contribution in [3.05, 3.63) is 46.6 Å². The zero-order valence-corrected chi connectivity index (χ0v) is 20.6. The Morgan fingerprint density at radius 2 is 2.06 bits per heavy atom. The van der Waals surface area contributed by atoms with Crippen LogP contribution in [-0.4, -0.2) is 54.4 Å². The lowest BCUT2D eigenvalue weighted by atomic mass is 10.0. The fraction of sp³-hybridized carbons (Fsp3) is 0.440. The highest BCUT2D eigenvalue weighted by molar-refractivity contribution is 7.21. The van der Waals surface area contributed by atoms with Crippen LogP contribution in [-0.2, 0) is 6.42 Å². The molecule has 1 aliphatic rings. The van der Waals surface area contributed by atoms with E-state index in [1.807, 2.05) is 0 Å². The van der Waals surface area contributed by atoms with E-state index in [9.17, 15) is 14.3 Å². The minimum absolute atomic E-state index is 0.138. The molecule has 3 heterocycles. The highest BCUT2D eigenvalue weighted by atomic mass is 32.1. The van der Waals surface area contributed by atoms with E-state index in [2.05, 4.69) is 23.2 Å². The van der Waals surface area contributed by atoms with Gasteiger partial charge in [0.15, 0.2) is 0 Å². The van der Waals surface area contributed by atoms with Gasteiger partial charge >= 0.3 is 0 Å². The Labute approximate surface area is 208 Å². The van der Waals surface area contributed by atoms with Crippen LogP contribution in [0.1, 0.15) is 41.4 Å². The number of pyridine rings is 1. The molecule has 10 heteroatoms. The number of nitrogens with one attached hydrogen (secondary N) is 1. The van der Waals surface area contributed by atoms with Crippen molar-refractivity contribution >= 4 is 39.0 Å². The minimum Gasteiger partial charge on any atom is -0.491 e. The zero-order valence-electron chi connectivity index (χ0n) is 19.8. The molecule has 0 spiro atoms. The average molecular weight is 502 g/mol. The van der Waals surface area contributed by atoms with Crippen LogP contribution in [0.5, 0.6) is 5.75 Å². The maximum Gasteiger partial charge on any atom is 0.260 e. The highest BCUT2D eigenvalue weighted by Gasteiger charge is 2.24. The molecule has 1 unspecified atom stereocenters. The van der Waals surface area contributed by atoms with E-state index < -0.39 is 12.0 Å². The third-order valence-corrected chi connectivity index (χ3v) is 7.34. The summed E-state index contributed by atoms with van der Waals surface area (Å²) in [6.45, 7) is 4.32. The normalized spacial score (nSPS) is 15.5. The average Bonchev–Trinajstić information content (AvgIpc) is 3.19. The van der Waals surface area contributed by atoms with E-state index >= 15 is 0 Å². The first-order chi connectivity index (χ1) is 16.9. The number of thiophene rings is 1. The number of carbonyl (C=O) groups excluding carboxylic acids is 1. The molecule has 6 N–H and O–H groups in total. The number of nitrogens with zero attached hydrogens (tertiary/aromatic N) is 2. The van der Waals surface area contributed by atoms with Gasteiger partial charge < -0.3 is 31.5 Å². The lowest BCUT2D eigenvalue weighted by molar-refractivity contribution is 0.100. The summed E-state index contributed by atoms with van der Waals surface area (Å²) in [6, 6.07) is 8.11. The summed E-state index contributed by atoms with van der Waals surface area (Å²) in [5.74, 6) is 0.578. The first-order valence-corrected chi connectivity index (χ1v) is 12.7. The second-order valence-electron chi connectivity index (χ2n) is 8.87. The van der Waals surface area contributed by atoms with Gasteiger partial charge in [0.25, 0.3) is 5.91 Å². The second-order valence-corrected chi connectivity index (χ2v) is 9.87. The lowest BCUT2D eigenvalue weighted by Gasteiger charge is -2.34. The predicted octanol–water partition coefficient (Wildman–Crippen LogP) is 3.07. The van der Waals surface area contributed by atoms with Crippen molar-refractivity contribution in [3.8, 4) is 5.75 Å². The number of benzene rings is 1. The number of anilines is 2. The molecule has 188 valence electrons. The van der Waals surface area contributed by atoms with E-state index in [1.165, 1.54) is 23.5 Å². The van der Waals surface area contributed by atoms with Gasteiger partial charge in [-0.15, -0.1) is 11.3 Å². The van der Waals surface area contributed by atoms with Crippen LogP contribution >= 0.6 is 11.3 Å². The van der Waals surface area contributed by atoms with E-state index in [4.69, 9.17) is 21.2 Å². The Morgan fingerprint density at radius 3 is 2.71 bits per heavy atom. The van der Waals surface area contributed by atoms with Crippen LogP contribution in [0.4, 0.5) is 15.9 Å². The van der Waals surface area contributed by atoms with E-state index in [1.54, 1.807) is 12.1 Å². The summed E-state index contributed by atoms with van der Waals surface area (Å²) in [5.41, 5.74) is 13.3. The van der Waals surface area contributed by atoms with Crippen molar-refractivity contribution < 1.29 is 19.0 Å². The summed E-state index contributed by atoms with van der Waals surface area (Å²) in [6.07, 6.45) is 2.96. The number of carbonyl (C=O) groups is 1. The van der Waals surface area contributed by atoms with Gasteiger partial charge in [0.1, 0.15) is 39.8 Å². The third kappa shape index (κ3) is 6.01. The van der Waals surface area contributed by atoms with Crippen molar-refractivity contribution in [2.45, 2.75) is 44.8 Å². The lowest BCUT2D eigenvalue weighted by Crippen LogP contribution is -2.45. The molecule has 1 aromatic carbocycles. The van der Waals surface area contributed by atoms with Crippen LogP contribution in [0.2, 0.25) is 0 Å². The number of aliphatic hydroxyl groups is 1. The number of nitrogen functional groups attached to an aromatic ring is 1. The van der Waals surface area contributed by atoms with Gasteiger partial charge in [0, 0.05) is 31.1 Å². The SMILES string of the molecule is CCCc1cc(N2CCC(NCC(O)COc3ccc(F)cc3)CC2)nc2sc(C(N)=O)c(N)c12. The van der Waals surface area contributed by atoms with Crippen molar-refractivity contribution in [1.29, 1.82) is 0 Å². The van der Waals surface area contributed by atoms with Gasteiger partial charge in [-0.1, -0.05) is 13.3 Å². The van der Waals surface area contributed by atoms with E-state index in [-0.39, 0.29) is 18.5 Å². The number of primary amides is 1. The third-order valence-electron chi connectivity index (χ3n) is 6.23. The van der Waals surface area contributed by atoms with Crippen LogP contribution in [0.25, 0.3) is 10.2 Å². The van der Waals surface area contributed by atoms with Gasteiger partial charge in [-0.3, -0.25) is 4.79 Å². The molecule has 35 heavy (non-hydrogen) atoms. The van der Waals surface area contributed by atoms with Crippen LogP contribution < -0.4 is 26.4 Å². The molecule has 1 atom stereocenters. The smallest absolute Gasteiger partial charge is 0.260 e. The molecule has 0 bridgehead atoms. The van der Waals surface area contributed by atoms with Crippen LogP contribution in [0, 0.1) is 5.82 Å². The molecular weight excluding hydrogens is 469 g/mol. The first kappa shape index (κ1) is 25.2. The van der Waals surface area contributed by atoms with Crippen molar-refractivity contribution in [2.75, 3.05) is 36.9 Å². The van der Waals surface area contributed by atoms with E-state index in [0.717, 1.165) is 60.4 Å². The largest absolute Gasteiger partial charge is 0.491 e. The molecule has 3 aromatic rings. The Bertz CT molecular complexity index is 1160. The quantitative estimate of drug-likeness (QED) is 0.336. The summed E-state index contributed by atoms with van der Waals surface area (Å²) in [4.78, 5) is 20.0. The Balaban J connectivity index is 1.32. The summed E-state index contributed by atoms with van der Waals surface area (Å²) in [5, 5.41) is 14.5. The molecule has 0 aliphatic carbocycles. The van der Waals surface area contributed by atoms with Gasteiger partial charge in [-0.05, 0) is 55.2 Å². The molecule has 0 radical (unpaired) electrons. The number of aromatic nitrogens is 1. The number of aryl methyl sites for hydroxylation is 1. The zero-order chi connectivity index (χ0) is 24.9. The first-order valence-electron chi connectivity index (χ1n) is 11.9. The van der Waals surface area contributed by atoms with Crippen LogP contribution in [0.15, 0.2) is 30.3 Å².